The summed E-state index contributed by atoms with van der Waals surface area (Å²) in [6.07, 6.45) is 7.35. The number of phenols is 1. The summed E-state index contributed by atoms with van der Waals surface area (Å²) in [5, 5.41) is 11.1. The van der Waals surface area contributed by atoms with Gasteiger partial charge in [-0.1, -0.05) is 32.4 Å². The number of piperidine rings is 1. The van der Waals surface area contributed by atoms with Crippen molar-refractivity contribution in [3.8, 4) is 17.2 Å². The Balaban J connectivity index is 1.30. The standard InChI is InChI=1S/C34H44ClNO4/c1-20-16-30-34(3,15-13-31(38)36(30)19-21-6-8-23(39-4)18-29(21)40-5)27-12-14-33(2)25(9-10-26(33)32(20)27)24-17-22(37)7-11-28(24)35/h6-8,11,17-18,20,25-27,30,32,37H,9-10,12-16,19H2,1-5H3/t20?,25?,26-,27+,30?,32-,33+,34+/m0/s1. The number of fused-ring (bicyclic) bond motifs is 5. The molecule has 8 atom stereocenters. The van der Waals surface area contributed by atoms with Crippen LogP contribution in [0, 0.1) is 34.5 Å². The third-order valence-electron chi connectivity index (χ3n) is 12.0. The van der Waals surface area contributed by atoms with Gasteiger partial charge in [0.15, 0.2) is 0 Å². The molecule has 1 N–H and O–H groups in total. The highest BCUT2D eigenvalue weighted by molar-refractivity contribution is 6.31. The zero-order valence-electron chi connectivity index (χ0n) is 24.6. The quantitative estimate of drug-likeness (QED) is 0.401. The van der Waals surface area contributed by atoms with Gasteiger partial charge in [-0.3, -0.25) is 4.79 Å². The van der Waals surface area contributed by atoms with E-state index in [2.05, 4.69) is 25.7 Å². The highest BCUT2D eigenvalue weighted by Gasteiger charge is 2.63. The Kier molecular flexibility index (Phi) is 7.04. The molecule has 216 valence electrons. The number of benzene rings is 2. The van der Waals surface area contributed by atoms with Crippen molar-refractivity contribution in [1.82, 2.24) is 4.90 Å². The number of carbonyl (C=O) groups excluding carboxylic acids is 1. The summed E-state index contributed by atoms with van der Waals surface area (Å²) in [6.45, 7) is 8.02. The number of carbonyl (C=O) groups is 1. The van der Waals surface area contributed by atoms with Crippen molar-refractivity contribution in [2.45, 2.75) is 84.2 Å². The molecule has 3 unspecified atom stereocenters. The fraction of sp³-hybridized carbons (Fsp3) is 0.618. The molecule has 1 amide bonds. The molecule has 1 saturated heterocycles. The molecular formula is C34H44ClNO4. The molecule has 2 aromatic rings. The molecular weight excluding hydrogens is 522 g/mol. The first-order chi connectivity index (χ1) is 19.1. The van der Waals surface area contributed by atoms with Gasteiger partial charge in [0.25, 0.3) is 0 Å². The average Bonchev–Trinajstić information content (AvgIpc) is 3.29. The SMILES string of the molecule is COc1ccc(CN2C(=O)CC[C@@]3(C)C2CC(C)[C@@H]2[C@H]3CC[C@]3(C)C(c4cc(O)ccc4Cl)CC[C@@H]23)c(OC)c1. The predicted octanol–water partition coefficient (Wildman–Crippen LogP) is 7.83. The van der Waals surface area contributed by atoms with Crippen LogP contribution in [0.15, 0.2) is 36.4 Å². The normalized spacial score (nSPS) is 37.0. The van der Waals surface area contributed by atoms with Crippen LogP contribution in [-0.2, 0) is 11.3 Å². The maximum atomic E-state index is 13.5. The number of likely N-dealkylation sites (tertiary alicyclic amines) is 1. The lowest BCUT2D eigenvalue weighted by Gasteiger charge is -2.64. The van der Waals surface area contributed by atoms with Gasteiger partial charge in [-0.15, -0.1) is 0 Å². The van der Waals surface area contributed by atoms with Gasteiger partial charge in [-0.25, -0.2) is 0 Å². The fourth-order valence-electron chi connectivity index (χ4n) is 9.99. The Bertz CT molecular complexity index is 1300. The van der Waals surface area contributed by atoms with E-state index in [9.17, 15) is 9.90 Å². The highest BCUT2D eigenvalue weighted by Crippen LogP contribution is 2.69. The van der Waals surface area contributed by atoms with Crippen molar-refractivity contribution in [2.24, 2.45) is 34.5 Å². The van der Waals surface area contributed by atoms with Crippen LogP contribution in [0.4, 0.5) is 0 Å². The Hall–Kier alpha value is -2.40. The summed E-state index contributed by atoms with van der Waals surface area (Å²) in [5.41, 5.74) is 2.44. The Morgan fingerprint density at radius 2 is 1.77 bits per heavy atom. The summed E-state index contributed by atoms with van der Waals surface area (Å²) >= 11 is 6.72. The molecule has 3 saturated carbocycles. The van der Waals surface area contributed by atoms with E-state index >= 15 is 0 Å². The molecule has 4 aliphatic rings. The predicted molar refractivity (Wildman–Crippen MR) is 158 cm³/mol. The number of nitrogens with zero attached hydrogens (tertiary/aromatic N) is 1. The van der Waals surface area contributed by atoms with E-state index < -0.39 is 0 Å². The molecule has 0 radical (unpaired) electrons. The molecule has 0 spiro atoms. The molecule has 3 aliphatic carbocycles. The third kappa shape index (κ3) is 4.21. The number of aromatic hydroxyl groups is 1. The van der Waals surface area contributed by atoms with E-state index in [1.807, 2.05) is 30.3 Å². The molecule has 40 heavy (non-hydrogen) atoms. The van der Waals surface area contributed by atoms with E-state index in [4.69, 9.17) is 21.1 Å². The molecule has 1 heterocycles. The second kappa shape index (κ2) is 10.2. The summed E-state index contributed by atoms with van der Waals surface area (Å²) in [4.78, 5) is 15.7. The number of rotatable bonds is 5. The van der Waals surface area contributed by atoms with Crippen LogP contribution in [0.5, 0.6) is 17.2 Å². The van der Waals surface area contributed by atoms with E-state index in [1.54, 1.807) is 20.3 Å². The zero-order chi connectivity index (χ0) is 28.4. The number of hydrogen-bond donors (Lipinski definition) is 1. The number of methoxy groups -OCH3 is 2. The van der Waals surface area contributed by atoms with Gasteiger partial charge in [0.1, 0.15) is 17.2 Å². The molecule has 0 aromatic heterocycles. The number of phenolic OH excluding ortho intramolecular Hbond substituents is 1. The lowest BCUT2D eigenvalue weighted by Crippen LogP contribution is -2.63. The van der Waals surface area contributed by atoms with Gasteiger partial charge in [-0.2, -0.15) is 0 Å². The molecule has 6 rings (SSSR count). The van der Waals surface area contributed by atoms with Gasteiger partial charge in [-0.05, 0) is 115 Å². The highest BCUT2D eigenvalue weighted by atomic mass is 35.5. The van der Waals surface area contributed by atoms with E-state index in [1.165, 1.54) is 19.3 Å². The average molecular weight is 566 g/mol. The molecule has 4 fully saturated rings. The van der Waals surface area contributed by atoms with Gasteiger partial charge < -0.3 is 19.5 Å². The zero-order valence-corrected chi connectivity index (χ0v) is 25.3. The van der Waals surface area contributed by atoms with Gasteiger partial charge >= 0.3 is 0 Å². The fourth-order valence-corrected chi connectivity index (χ4v) is 10.2. The van der Waals surface area contributed by atoms with Gasteiger partial charge in [0.05, 0.1) is 14.2 Å². The van der Waals surface area contributed by atoms with Gasteiger partial charge in [0.2, 0.25) is 5.91 Å². The number of ether oxygens (including phenoxy) is 2. The first-order valence-electron chi connectivity index (χ1n) is 15.1. The van der Waals surface area contributed by atoms with Crippen molar-refractivity contribution >= 4 is 17.5 Å². The number of hydrogen-bond acceptors (Lipinski definition) is 4. The third-order valence-corrected chi connectivity index (χ3v) is 12.3. The number of halogens is 1. The van der Waals surface area contributed by atoms with Crippen LogP contribution in [0.2, 0.25) is 5.02 Å². The van der Waals surface area contributed by atoms with Crippen molar-refractivity contribution in [2.75, 3.05) is 14.2 Å². The Morgan fingerprint density at radius 1 is 1.00 bits per heavy atom. The summed E-state index contributed by atoms with van der Waals surface area (Å²) in [7, 11) is 3.35. The second-order valence-electron chi connectivity index (χ2n) is 13.6. The molecule has 2 aromatic carbocycles. The summed E-state index contributed by atoms with van der Waals surface area (Å²) in [6, 6.07) is 11.6. The summed E-state index contributed by atoms with van der Waals surface area (Å²) < 4.78 is 11.1. The lowest BCUT2D eigenvalue weighted by molar-refractivity contribution is -0.170. The minimum absolute atomic E-state index is 0.104. The monoisotopic (exact) mass is 565 g/mol. The maximum Gasteiger partial charge on any atom is 0.223 e. The van der Waals surface area contributed by atoms with E-state index in [-0.39, 0.29) is 22.8 Å². The van der Waals surface area contributed by atoms with Crippen LogP contribution in [0.1, 0.15) is 82.8 Å². The topological polar surface area (TPSA) is 59.0 Å². The first-order valence-corrected chi connectivity index (χ1v) is 15.5. The van der Waals surface area contributed by atoms with Crippen LogP contribution < -0.4 is 9.47 Å². The van der Waals surface area contributed by atoms with Crippen LogP contribution in [0.25, 0.3) is 0 Å². The maximum absolute atomic E-state index is 13.5. The minimum atomic E-state index is 0.104. The minimum Gasteiger partial charge on any atom is -0.508 e. The molecule has 1 aliphatic heterocycles. The molecule has 6 heteroatoms. The van der Waals surface area contributed by atoms with Crippen molar-refractivity contribution in [3.63, 3.8) is 0 Å². The molecule has 5 nitrogen and oxygen atoms in total. The van der Waals surface area contributed by atoms with Crippen molar-refractivity contribution in [1.29, 1.82) is 0 Å². The Morgan fingerprint density at radius 3 is 2.52 bits per heavy atom. The van der Waals surface area contributed by atoms with Crippen LogP contribution >= 0.6 is 11.6 Å². The number of amides is 1. The largest absolute Gasteiger partial charge is 0.508 e. The summed E-state index contributed by atoms with van der Waals surface area (Å²) in [5.74, 6) is 4.91. The van der Waals surface area contributed by atoms with E-state index in [0.29, 0.717) is 48.3 Å². The van der Waals surface area contributed by atoms with Crippen molar-refractivity contribution in [3.05, 3.63) is 52.5 Å². The Labute approximate surface area is 244 Å². The smallest absolute Gasteiger partial charge is 0.223 e. The van der Waals surface area contributed by atoms with E-state index in [0.717, 1.165) is 46.9 Å². The molecule has 0 bridgehead atoms. The lowest BCUT2D eigenvalue weighted by atomic mass is 9.44. The first kappa shape index (κ1) is 27.8. The van der Waals surface area contributed by atoms with Crippen LogP contribution in [-0.4, -0.2) is 36.2 Å². The van der Waals surface area contributed by atoms with Gasteiger partial charge in [0, 0.05) is 35.7 Å². The van der Waals surface area contributed by atoms with Crippen LogP contribution in [0.3, 0.4) is 0 Å². The van der Waals surface area contributed by atoms with Crippen molar-refractivity contribution < 1.29 is 19.4 Å². The second-order valence-corrected chi connectivity index (χ2v) is 14.0.